The van der Waals surface area contributed by atoms with Crippen molar-refractivity contribution in [2.45, 2.75) is 89.4 Å². The molecule has 0 unspecified atom stereocenters. The summed E-state index contributed by atoms with van der Waals surface area (Å²) in [6.45, 7) is 0.600. The number of rotatable bonds is 21. The molecule has 0 aromatic rings. The molecule has 2 atom stereocenters. The summed E-state index contributed by atoms with van der Waals surface area (Å²) in [5, 5.41) is 36.6. The monoisotopic (exact) mass is 422 g/mol. The predicted molar refractivity (Wildman–Crippen MR) is 110 cm³/mol. The number of hydrogen-bond acceptors (Lipinski definition) is 8. The lowest BCUT2D eigenvalue weighted by molar-refractivity contribution is -0.154. The number of hydrogen-bond donors (Lipinski definition) is 4. The fourth-order valence-corrected chi connectivity index (χ4v) is 2.79. The molecule has 29 heavy (non-hydrogen) atoms. The van der Waals surface area contributed by atoms with Crippen molar-refractivity contribution < 1.29 is 39.4 Å². The quantitative estimate of drug-likeness (QED) is 0.162. The van der Waals surface area contributed by atoms with Crippen molar-refractivity contribution >= 4 is 5.97 Å². The summed E-state index contributed by atoms with van der Waals surface area (Å²) in [7, 11) is 0. The molecule has 0 radical (unpaired) electrons. The van der Waals surface area contributed by atoms with Gasteiger partial charge in [0.05, 0.1) is 33.0 Å². The Morgan fingerprint density at radius 1 is 0.690 bits per heavy atom. The summed E-state index contributed by atoms with van der Waals surface area (Å²) in [4.78, 5) is 11.8. The van der Waals surface area contributed by atoms with Crippen LogP contribution in [0.4, 0.5) is 0 Å². The van der Waals surface area contributed by atoms with Gasteiger partial charge in [-0.3, -0.25) is 4.79 Å². The van der Waals surface area contributed by atoms with Crippen LogP contribution in [0.25, 0.3) is 0 Å². The molecule has 0 aromatic carbocycles. The molecule has 0 spiro atoms. The topological polar surface area (TPSA) is 126 Å². The van der Waals surface area contributed by atoms with E-state index in [1.54, 1.807) is 0 Å². The van der Waals surface area contributed by atoms with Gasteiger partial charge in [0.25, 0.3) is 0 Å². The highest BCUT2D eigenvalue weighted by atomic mass is 16.6. The number of carbonyl (C=O) groups excluding carboxylic acids is 1. The summed E-state index contributed by atoms with van der Waals surface area (Å²) in [6.07, 6.45) is 8.64. The molecule has 174 valence electrons. The molecule has 0 bridgehead atoms. The highest BCUT2D eigenvalue weighted by Crippen LogP contribution is 2.11. The van der Waals surface area contributed by atoms with Crippen molar-refractivity contribution in [2.24, 2.45) is 0 Å². The average molecular weight is 423 g/mol. The molecule has 0 heterocycles. The number of aliphatic hydroxyl groups is 4. The van der Waals surface area contributed by atoms with E-state index in [-0.39, 0.29) is 45.6 Å². The van der Waals surface area contributed by atoms with Crippen molar-refractivity contribution in [3.63, 3.8) is 0 Å². The minimum atomic E-state index is -0.808. The molecule has 8 nitrogen and oxygen atoms in total. The standard InChI is InChI=1S/C21H42O8/c1-2-3-4-5-6-7-8-9-10-11-21(26)28-16-19(14-24)27-17-20(15-25)29-18(12-22)13-23/h18-20,22-25H,2-17H2,1H3/t19-,20-/m0/s1. The van der Waals surface area contributed by atoms with Gasteiger partial charge in [0.2, 0.25) is 0 Å². The van der Waals surface area contributed by atoms with Crippen molar-refractivity contribution in [3.05, 3.63) is 0 Å². The van der Waals surface area contributed by atoms with E-state index in [1.807, 2.05) is 0 Å². The first-order chi connectivity index (χ1) is 14.1. The number of esters is 1. The predicted octanol–water partition coefficient (Wildman–Crippen LogP) is 1.56. The highest BCUT2D eigenvalue weighted by molar-refractivity contribution is 5.69. The van der Waals surface area contributed by atoms with Crippen LogP contribution in [0.15, 0.2) is 0 Å². The van der Waals surface area contributed by atoms with Crippen molar-refractivity contribution in [1.82, 2.24) is 0 Å². The fourth-order valence-electron chi connectivity index (χ4n) is 2.79. The van der Waals surface area contributed by atoms with Crippen molar-refractivity contribution in [3.8, 4) is 0 Å². The average Bonchev–Trinajstić information content (AvgIpc) is 2.74. The van der Waals surface area contributed by atoms with Gasteiger partial charge in [0, 0.05) is 6.42 Å². The van der Waals surface area contributed by atoms with Crippen LogP contribution in [0.5, 0.6) is 0 Å². The number of aliphatic hydroxyl groups excluding tert-OH is 4. The zero-order valence-electron chi connectivity index (χ0n) is 18.0. The van der Waals surface area contributed by atoms with E-state index in [0.717, 1.165) is 19.3 Å². The summed E-state index contributed by atoms with van der Waals surface area (Å²) < 4.78 is 15.8. The molecule has 0 aromatic heterocycles. The van der Waals surface area contributed by atoms with Crippen LogP contribution in [0.1, 0.15) is 71.1 Å². The lowest BCUT2D eigenvalue weighted by Crippen LogP contribution is -2.36. The molecule has 0 aliphatic rings. The lowest BCUT2D eigenvalue weighted by atomic mass is 10.1. The van der Waals surface area contributed by atoms with Gasteiger partial charge < -0.3 is 34.6 Å². The van der Waals surface area contributed by atoms with Crippen LogP contribution in [0, 0.1) is 0 Å². The summed E-state index contributed by atoms with van der Waals surface area (Å²) >= 11 is 0. The Morgan fingerprint density at radius 2 is 1.21 bits per heavy atom. The van der Waals surface area contributed by atoms with Gasteiger partial charge in [-0.25, -0.2) is 0 Å². The molecule has 0 aliphatic carbocycles. The Bertz CT molecular complexity index is 363. The third-order valence-corrected chi connectivity index (χ3v) is 4.63. The van der Waals surface area contributed by atoms with Gasteiger partial charge in [-0.15, -0.1) is 0 Å². The van der Waals surface area contributed by atoms with E-state index in [2.05, 4.69) is 6.92 Å². The van der Waals surface area contributed by atoms with Gasteiger partial charge in [-0.1, -0.05) is 58.3 Å². The van der Waals surface area contributed by atoms with Gasteiger partial charge in [-0.2, -0.15) is 0 Å². The molecule has 0 aliphatic heterocycles. The zero-order valence-corrected chi connectivity index (χ0v) is 18.0. The normalized spacial score (nSPS) is 13.6. The van der Waals surface area contributed by atoms with Crippen LogP contribution < -0.4 is 0 Å². The Balaban J connectivity index is 3.82. The molecular formula is C21H42O8. The van der Waals surface area contributed by atoms with Crippen LogP contribution in [0.2, 0.25) is 0 Å². The second-order valence-corrected chi connectivity index (χ2v) is 7.33. The molecular weight excluding hydrogens is 380 g/mol. The molecule has 0 saturated heterocycles. The van der Waals surface area contributed by atoms with E-state index >= 15 is 0 Å². The third kappa shape index (κ3) is 16.7. The minimum Gasteiger partial charge on any atom is -0.463 e. The Hall–Kier alpha value is -0.770. The third-order valence-electron chi connectivity index (χ3n) is 4.63. The maximum absolute atomic E-state index is 11.8. The summed E-state index contributed by atoms with van der Waals surface area (Å²) in [5.74, 6) is -0.314. The van der Waals surface area contributed by atoms with Crippen LogP contribution >= 0.6 is 0 Å². The SMILES string of the molecule is CCCCCCCCCCCC(=O)OC[C@H](CO)OC[C@H](CO)OC(CO)CO. The maximum atomic E-state index is 11.8. The molecule has 0 fully saturated rings. The van der Waals surface area contributed by atoms with E-state index in [0.29, 0.717) is 6.42 Å². The van der Waals surface area contributed by atoms with Gasteiger partial charge in [-0.05, 0) is 6.42 Å². The molecule has 0 amide bonds. The number of ether oxygens (including phenoxy) is 3. The van der Waals surface area contributed by atoms with Crippen LogP contribution in [-0.2, 0) is 19.0 Å². The Kier molecular flexibility index (Phi) is 20.0. The number of carbonyl (C=O) groups is 1. The smallest absolute Gasteiger partial charge is 0.305 e. The maximum Gasteiger partial charge on any atom is 0.305 e. The summed E-state index contributed by atoms with van der Waals surface area (Å²) in [5.41, 5.74) is 0. The van der Waals surface area contributed by atoms with Crippen LogP contribution in [0.3, 0.4) is 0 Å². The molecule has 0 rings (SSSR count). The highest BCUT2D eigenvalue weighted by Gasteiger charge is 2.18. The molecule has 0 saturated carbocycles. The van der Waals surface area contributed by atoms with E-state index in [1.165, 1.54) is 38.5 Å². The Morgan fingerprint density at radius 3 is 1.72 bits per heavy atom. The van der Waals surface area contributed by atoms with E-state index in [9.17, 15) is 15.0 Å². The van der Waals surface area contributed by atoms with Gasteiger partial charge in [0.15, 0.2) is 0 Å². The Labute approximate surface area is 175 Å². The first-order valence-corrected chi connectivity index (χ1v) is 11.0. The van der Waals surface area contributed by atoms with Crippen molar-refractivity contribution in [2.75, 3.05) is 39.6 Å². The summed E-state index contributed by atoms with van der Waals surface area (Å²) in [6, 6.07) is 0. The van der Waals surface area contributed by atoms with Crippen LogP contribution in [-0.4, -0.2) is 84.3 Å². The molecule has 4 N–H and O–H groups in total. The fraction of sp³-hybridized carbons (Fsp3) is 0.952. The van der Waals surface area contributed by atoms with Gasteiger partial charge in [0.1, 0.15) is 24.9 Å². The first kappa shape index (κ1) is 28.2. The van der Waals surface area contributed by atoms with Crippen molar-refractivity contribution in [1.29, 1.82) is 0 Å². The van der Waals surface area contributed by atoms with E-state index < -0.39 is 18.3 Å². The first-order valence-electron chi connectivity index (χ1n) is 11.0. The second-order valence-electron chi connectivity index (χ2n) is 7.33. The van der Waals surface area contributed by atoms with E-state index in [4.69, 9.17) is 24.4 Å². The largest absolute Gasteiger partial charge is 0.463 e. The second kappa shape index (κ2) is 20.5. The zero-order chi connectivity index (χ0) is 21.7. The lowest BCUT2D eigenvalue weighted by Gasteiger charge is -2.23. The number of unbranched alkanes of at least 4 members (excludes halogenated alkanes) is 8. The van der Waals surface area contributed by atoms with Gasteiger partial charge >= 0.3 is 5.97 Å². The minimum absolute atomic E-state index is 0.0615. The molecule has 8 heteroatoms.